The smallest absolute Gasteiger partial charge is 0.412 e. The van der Waals surface area contributed by atoms with Crippen LogP contribution < -0.4 is 16.0 Å². The lowest BCUT2D eigenvalue weighted by molar-refractivity contribution is 0.00871. The van der Waals surface area contributed by atoms with Crippen LogP contribution in [-0.2, 0) is 14.2 Å². The zero-order valence-corrected chi connectivity index (χ0v) is 18.3. The Morgan fingerprint density at radius 1 is 0.968 bits per heavy atom. The molecule has 4 rings (SSSR count). The van der Waals surface area contributed by atoms with E-state index in [1.165, 1.54) is 12.0 Å². The van der Waals surface area contributed by atoms with Crippen molar-refractivity contribution < 1.29 is 23.8 Å². The Morgan fingerprint density at radius 3 is 2.39 bits per heavy atom. The van der Waals surface area contributed by atoms with Crippen LogP contribution in [0.1, 0.15) is 57.4 Å². The molecule has 31 heavy (non-hydrogen) atoms. The third-order valence-electron chi connectivity index (χ3n) is 6.35. The summed E-state index contributed by atoms with van der Waals surface area (Å²) in [6.07, 6.45) is 3.88. The minimum absolute atomic E-state index is 0.184. The number of anilines is 1. The molecule has 4 atom stereocenters. The largest absolute Gasteiger partial charge is 0.441 e. The van der Waals surface area contributed by atoms with Crippen LogP contribution in [0.5, 0.6) is 0 Å². The number of benzene rings is 1. The van der Waals surface area contributed by atoms with Crippen molar-refractivity contribution in [2.45, 2.75) is 82.3 Å². The van der Waals surface area contributed by atoms with E-state index in [0.29, 0.717) is 18.2 Å². The van der Waals surface area contributed by atoms with Crippen molar-refractivity contribution in [3.05, 3.63) is 29.8 Å². The molecule has 1 aromatic rings. The minimum atomic E-state index is -0.540. The van der Waals surface area contributed by atoms with Gasteiger partial charge in [0.05, 0.1) is 19.3 Å². The molecule has 2 aliphatic heterocycles. The fraction of sp³-hybridized carbons (Fsp3) is 0.652. The molecule has 3 fully saturated rings. The van der Waals surface area contributed by atoms with Crippen LogP contribution in [0.2, 0.25) is 0 Å². The molecule has 0 spiro atoms. The number of fused-ring (bicyclic) bond motifs is 1. The predicted octanol–water partition coefficient (Wildman–Crippen LogP) is 3.53. The van der Waals surface area contributed by atoms with Gasteiger partial charge < -0.3 is 24.8 Å². The van der Waals surface area contributed by atoms with Crippen molar-refractivity contribution >= 4 is 17.8 Å². The number of urea groups is 1. The summed E-state index contributed by atoms with van der Waals surface area (Å²) >= 11 is 0. The van der Waals surface area contributed by atoms with E-state index in [1.807, 2.05) is 24.3 Å². The van der Waals surface area contributed by atoms with Crippen LogP contribution in [0.15, 0.2) is 24.3 Å². The average Bonchev–Trinajstić information content (AvgIpc) is 3.32. The zero-order chi connectivity index (χ0) is 21.8. The molecule has 1 saturated carbocycles. The molecule has 3 aliphatic rings. The lowest BCUT2D eigenvalue weighted by atomic mass is 9.96. The summed E-state index contributed by atoms with van der Waals surface area (Å²) in [4.78, 5) is 24.7. The molecule has 1 aliphatic carbocycles. The van der Waals surface area contributed by atoms with Gasteiger partial charge >= 0.3 is 12.1 Å². The van der Waals surface area contributed by atoms with Crippen LogP contribution in [-0.4, -0.2) is 55.7 Å². The normalized spacial score (nSPS) is 28.2. The first-order valence-electron chi connectivity index (χ1n) is 11.4. The van der Waals surface area contributed by atoms with Crippen LogP contribution in [0.3, 0.4) is 0 Å². The number of carbonyl (C=O) groups excluding carboxylic acids is 2. The second-order valence-electron chi connectivity index (χ2n) is 9.00. The van der Waals surface area contributed by atoms with Crippen molar-refractivity contribution in [2.24, 2.45) is 0 Å². The molecule has 2 saturated heterocycles. The van der Waals surface area contributed by atoms with Gasteiger partial charge in [0.15, 0.2) is 6.10 Å². The minimum Gasteiger partial charge on any atom is -0.441 e. The van der Waals surface area contributed by atoms with Crippen molar-refractivity contribution in [1.29, 1.82) is 0 Å². The van der Waals surface area contributed by atoms with E-state index in [0.717, 1.165) is 25.7 Å². The maximum atomic E-state index is 12.4. The summed E-state index contributed by atoms with van der Waals surface area (Å²) in [5.74, 6) is 0.430. The van der Waals surface area contributed by atoms with E-state index in [-0.39, 0.29) is 36.9 Å². The summed E-state index contributed by atoms with van der Waals surface area (Å²) in [5.41, 5.74) is 1.88. The third-order valence-corrected chi connectivity index (χ3v) is 6.35. The number of nitrogens with one attached hydrogen (secondary N) is 3. The maximum absolute atomic E-state index is 12.4. The van der Waals surface area contributed by atoms with Gasteiger partial charge in [-0.25, -0.2) is 9.59 Å². The maximum Gasteiger partial charge on any atom is 0.412 e. The molecule has 8 heteroatoms. The average molecular weight is 432 g/mol. The Hall–Kier alpha value is -2.32. The van der Waals surface area contributed by atoms with Crippen molar-refractivity contribution in [3.63, 3.8) is 0 Å². The Labute approximate surface area is 183 Å². The molecular weight excluding hydrogens is 398 g/mol. The van der Waals surface area contributed by atoms with Crippen LogP contribution in [0.25, 0.3) is 0 Å². The number of hydrogen-bond acceptors (Lipinski definition) is 5. The molecule has 3 amide bonds. The highest BCUT2D eigenvalue weighted by Gasteiger charge is 2.50. The molecule has 8 nitrogen and oxygen atoms in total. The zero-order valence-electron chi connectivity index (χ0n) is 18.3. The van der Waals surface area contributed by atoms with Crippen LogP contribution >= 0.6 is 0 Å². The molecule has 0 aromatic heterocycles. The summed E-state index contributed by atoms with van der Waals surface area (Å²) < 4.78 is 17.2. The highest BCUT2D eigenvalue weighted by Crippen LogP contribution is 2.29. The van der Waals surface area contributed by atoms with Gasteiger partial charge in [0.1, 0.15) is 12.2 Å². The van der Waals surface area contributed by atoms with E-state index >= 15 is 0 Å². The fourth-order valence-electron chi connectivity index (χ4n) is 4.57. The first-order valence-corrected chi connectivity index (χ1v) is 11.4. The van der Waals surface area contributed by atoms with Crippen molar-refractivity contribution in [2.75, 3.05) is 18.5 Å². The van der Waals surface area contributed by atoms with Crippen molar-refractivity contribution in [3.8, 4) is 0 Å². The summed E-state index contributed by atoms with van der Waals surface area (Å²) in [6.45, 7) is 4.83. The molecule has 3 N–H and O–H groups in total. The van der Waals surface area contributed by atoms with Gasteiger partial charge in [0, 0.05) is 11.7 Å². The second kappa shape index (κ2) is 9.87. The summed E-state index contributed by atoms with van der Waals surface area (Å²) in [6, 6.07) is 7.51. The molecule has 0 radical (unpaired) electrons. The number of rotatable bonds is 5. The van der Waals surface area contributed by atoms with Gasteiger partial charge in [0.25, 0.3) is 0 Å². The Kier molecular flexibility index (Phi) is 6.97. The Bertz CT molecular complexity index is 763. The molecule has 170 valence electrons. The number of ether oxygens (including phenoxy) is 3. The lowest BCUT2D eigenvalue weighted by Crippen LogP contribution is -2.51. The summed E-state index contributed by atoms with van der Waals surface area (Å²) in [7, 11) is 0. The predicted molar refractivity (Wildman–Crippen MR) is 116 cm³/mol. The van der Waals surface area contributed by atoms with E-state index in [4.69, 9.17) is 14.2 Å². The standard InChI is InChI=1S/C23H33N3O5/c1-14(2)15-8-10-17(11-9-15)25-23(28)31-19-13-30-20-18(12-29-21(19)20)26-22(27)24-16-6-4-3-5-7-16/h8-11,14,16,18-21H,3-7,12-13H2,1-2H3,(H,25,28)(H2,24,26,27). The third kappa shape index (κ3) is 5.49. The molecule has 1 aromatic carbocycles. The topological polar surface area (TPSA) is 97.9 Å². The first-order chi connectivity index (χ1) is 15.0. The number of hydrogen-bond donors (Lipinski definition) is 3. The van der Waals surface area contributed by atoms with E-state index in [9.17, 15) is 9.59 Å². The SMILES string of the molecule is CC(C)c1ccc(NC(=O)OC2COC3C(NC(=O)NC4CCCCC4)COC23)cc1. The second-order valence-corrected chi connectivity index (χ2v) is 9.00. The van der Waals surface area contributed by atoms with E-state index in [1.54, 1.807) is 0 Å². The fourth-order valence-corrected chi connectivity index (χ4v) is 4.57. The first kappa shape index (κ1) is 21.9. The number of carbonyl (C=O) groups is 2. The van der Waals surface area contributed by atoms with Gasteiger partial charge in [0.2, 0.25) is 0 Å². The van der Waals surface area contributed by atoms with Crippen molar-refractivity contribution in [1.82, 2.24) is 10.6 Å². The van der Waals surface area contributed by atoms with E-state index in [2.05, 4.69) is 29.8 Å². The molecule has 4 unspecified atom stereocenters. The monoisotopic (exact) mass is 431 g/mol. The highest BCUT2D eigenvalue weighted by molar-refractivity contribution is 5.84. The van der Waals surface area contributed by atoms with Gasteiger partial charge in [-0.2, -0.15) is 0 Å². The Balaban J connectivity index is 1.24. The van der Waals surface area contributed by atoms with Crippen LogP contribution in [0, 0.1) is 0 Å². The lowest BCUT2D eigenvalue weighted by Gasteiger charge is -2.24. The van der Waals surface area contributed by atoms with E-state index < -0.39 is 12.2 Å². The van der Waals surface area contributed by atoms with Crippen LogP contribution in [0.4, 0.5) is 15.3 Å². The quantitative estimate of drug-likeness (QED) is 0.663. The molecule has 2 heterocycles. The van der Waals surface area contributed by atoms with Gasteiger partial charge in [-0.15, -0.1) is 0 Å². The van der Waals surface area contributed by atoms with Gasteiger partial charge in [-0.3, -0.25) is 5.32 Å². The van der Waals surface area contributed by atoms with Gasteiger partial charge in [-0.05, 0) is 36.5 Å². The Morgan fingerprint density at radius 2 is 1.68 bits per heavy atom. The number of amides is 3. The van der Waals surface area contributed by atoms with Gasteiger partial charge in [-0.1, -0.05) is 45.2 Å². The molecule has 0 bridgehead atoms. The highest BCUT2D eigenvalue weighted by atomic mass is 16.6. The summed E-state index contributed by atoms with van der Waals surface area (Å²) in [5, 5.41) is 8.77. The molecular formula is C23H33N3O5.